The van der Waals surface area contributed by atoms with Crippen molar-refractivity contribution >= 4 is 0 Å². The van der Waals surface area contributed by atoms with Crippen LogP contribution in [0.25, 0.3) is 0 Å². The molecule has 1 saturated heterocycles. The van der Waals surface area contributed by atoms with Crippen molar-refractivity contribution in [2.45, 2.75) is 57.7 Å². The van der Waals surface area contributed by atoms with Gasteiger partial charge in [0.2, 0.25) is 0 Å². The van der Waals surface area contributed by atoms with Crippen molar-refractivity contribution in [3.8, 4) is 0 Å². The highest BCUT2D eigenvalue weighted by molar-refractivity contribution is 5.02. The van der Waals surface area contributed by atoms with Crippen molar-refractivity contribution in [3.63, 3.8) is 0 Å². The van der Waals surface area contributed by atoms with Crippen LogP contribution in [0.15, 0.2) is 0 Å². The molecule has 3 rings (SSSR count). The van der Waals surface area contributed by atoms with E-state index in [2.05, 4.69) is 28.9 Å². The quantitative estimate of drug-likeness (QED) is 0.862. The first-order chi connectivity index (χ1) is 8.74. The maximum Gasteiger partial charge on any atom is 0.156 e. The van der Waals surface area contributed by atoms with Crippen LogP contribution in [0.4, 0.5) is 0 Å². The van der Waals surface area contributed by atoms with E-state index in [-0.39, 0.29) is 0 Å². The molecule has 2 heterocycles. The second kappa shape index (κ2) is 4.97. The summed E-state index contributed by atoms with van der Waals surface area (Å²) in [5, 5.41) is 8.19. The minimum atomic E-state index is 0.365. The summed E-state index contributed by atoms with van der Waals surface area (Å²) in [5.41, 5.74) is 0. The number of rotatable bonds is 5. The molecule has 2 aliphatic rings. The van der Waals surface area contributed by atoms with Gasteiger partial charge < -0.3 is 10.1 Å². The van der Waals surface area contributed by atoms with Gasteiger partial charge in [-0.25, -0.2) is 9.67 Å². The summed E-state index contributed by atoms with van der Waals surface area (Å²) in [6, 6.07) is 1.07. The molecular weight excluding hydrogens is 228 g/mol. The first kappa shape index (κ1) is 12.1. The maximum absolute atomic E-state index is 5.42. The Morgan fingerprint density at radius 1 is 1.39 bits per heavy atom. The van der Waals surface area contributed by atoms with Crippen molar-refractivity contribution in [1.29, 1.82) is 0 Å². The lowest BCUT2D eigenvalue weighted by atomic mass is 10.1. The first-order valence-electron chi connectivity index (χ1n) is 7.00. The van der Waals surface area contributed by atoms with Crippen LogP contribution in [0.2, 0.25) is 0 Å². The largest absolute Gasteiger partial charge is 0.381 e. The normalized spacial score (nSPS) is 24.1. The van der Waals surface area contributed by atoms with E-state index in [4.69, 9.17) is 9.72 Å². The summed E-state index contributed by atoms with van der Waals surface area (Å²) in [7, 11) is 0. The Kier molecular flexibility index (Phi) is 3.35. The first-order valence-corrected chi connectivity index (χ1v) is 7.00. The standard InChI is InChI=1S/C13H22N4O/c1-9(2)17-12(7-14-11-3-4-11)15-13(16-17)10-5-6-18-8-10/h9-11,14H,3-8H2,1-2H3/t10-/m0/s1. The van der Waals surface area contributed by atoms with Crippen LogP contribution in [0, 0.1) is 0 Å². The van der Waals surface area contributed by atoms with Crippen LogP contribution in [0.3, 0.4) is 0 Å². The molecule has 1 aliphatic heterocycles. The van der Waals surface area contributed by atoms with Gasteiger partial charge in [0.1, 0.15) is 5.82 Å². The van der Waals surface area contributed by atoms with Gasteiger partial charge in [-0.2, -0.15) is 5.10 Å². The molecule has 1 saturated carbocycles. The highest BCUT2D eigenvalue weighted by Crippen LogP contribution is 2.24. The van der Waals surface area contributed by atoms with Crippen molar-refractivity contribution in [2.24, 2.45) is 0 Å². The van der Waals surface area contributed by atoms with Gasteiger partial charge in [-0.1, -0.05) is 0 Å². The number of nitrogens with one attached hydrogen (secondary N) is 1. The molecule has 1 atom stereocenters. The number of ether oxygens (including phenoxy) is 1. The predicted octanol–water partition coefficient (Wildman–Crippen LogP) is 1.61. The van der Waals surface area contributed by atoms with Crippen LogP contribution < -0.4 is 5.32 Å². The molecule has 1 aliphatic carbocycles. The fourth-order valence-electron chi connectivity index (χ4n) is 2.34. The van der Waals surface area contributed by atoms with Crippen LogP contribution in [0.1, 0.15) is 56.7 Å². The molecule has 1 aromatic heterocycles. The Morgan fingerprint density at radius 3 is 2.83 bits per heavy atom. The number of aromatic nitrogens is 3. The molecule has 0 bridgehead atoms. The topological polar surface area (TPSA) is 52.0 Å². The summed E-state index contributed by atoms with van der Waals surface area (Å²) >= 11 is 0. The predicted molar refractivity (Wildman–Crippen MR) is 68.4 cm³/mol. The molecule has 0 aromatic carbocycles. The average Bonchev–Trinajstić information content (AvgIpc) is 2.87. The SMILES string of the molecule is CC(C)n1nc([C@H]2CCOC2)nc1CNC1CC1. The summed E-state index contributed by atoms with van der Waals surface area (Å²) in [6.45, 7) is 6.77. The van der Waals surface area contributed by atoms with Gasteiger partial charge in [0.05, 0.1) is 13.2 Å². The Bertz CT molecular complexity index is 405. The molecule has 0 radical (unpaired) electrons. The lowest BCUT2D eigenvalue weighted by Gasteiger charge is -2.09. The van der Waals surface area contributed by atoms with E-state index >= 15 is 0 Å². The third-order valence-electron chi connectivity index (χ3n) is 3.63. The van der Waals surface area contributed by atoms with Crippen molar-refractivity contribution in [1.82, 2.24) is 20.1 Å². The van der Waals surface area contributed by atoms with Gasteiger partial charge in [0.25, 0.3) is 0 Å². The maximum atomic E-state index is 5.42. The van der Waals surface area contributed by atoms with Crippen LogP contribution in [-0.4, -0.2) is 34.0 Å². The van der Waals surface area contributed by atoms with Gasteiger partial charge >= 0.3 is 0 Å². The minimum absolute atomic E-state index is 0.365. The number of nitrogens with zero attached hydrogens (tertiary/aromatic N) is 3. The second-order valence-electron chi connectivity index (χ2n) is 5.64. The summed E-state index contributed by atoms with van der Waals surface area (Å²) in [6.07, 6.45) is 3.66. The molecule has 0 spiro atoms. The lowest BCUT2D eigenvalue weighted by Crippen LogP contribution is -2.20. The van der Waals surface area contributed by atoms with Crippen molar-refractivity contribution in [3.05, 3.63) is 11.6 Å². The van der Waals surface area contributed by atoms with Crippen molar-refractivity contribution < 1.29 is 4.74 Å². The van der Waals surface area contributed by atoms with Gasteiger partial charge in [0.15, 0.2) is 5.82 Å². The monoisotopic (exact) mass is 250 g/mol. The Balaban J connectivity index is 1.75. The van der Waals surface area contributed by atoms with Gasteiger partial charge in [-0.15, -0.1) is 0 Å². The Labute approximate surface area is 108 Å². The third-order valence-corrected chi connectivity index (χ3v) is 3.63. The Morgan fingerprint density at radius 2 is 2.22 bits per heavy atom. The fourth-order valence-corrected chi connectivity index (χ4v) is 2.34. The second-order valence-corrected chi connectivity index (χ2v) is 5.64. The molecule has 2 fully saturated rings. The smallest absolute Gasteiger partial charge is 0.156 e. The van der Waals surface area contributed by atoms with Gasteiger partial charge in [-0.3, -0.25) is 0 Å². The minimum Gasteiger partial charge on any atom is -0.381 e. The van der Waals surface area contributed by atoms with Crippen LogP contribution in [0.5, 0.6) is 0 Å². The number of hydrogen-bond donors (Lipinski definition) is 1. The molecule has 0 amide bonds. The van der Waals surface area contributed by atoms with Crippen molar-refractivity contribution in [2.75, 3.05) is 13.2 Å². The molecule has 1 aromatic rings. The van der Waals surface area contributed by atoms with E-state index in [1.807, 2.05) is 0 Å². The average molecular weight is 250 g/mol. The highest BCUT2D eigenvalue weighted by Gasteiger charge is 2.25. The van der Waals surface area contributed by atoms with E-state index in [0.717, 1.165) is 37.8 Å². The molecule has 1 N–H and O–H groups in total. The van der Waals surface area contributed by atoms with Crippen LogP contribution >= 0.6 is 0 Å². The molecular formula is C13H22N4O. The summed E-state index contributed by atoms with van der Waals surface area (Å²) in [5.74, 6) is 2.43. The van der Waals surface area contributed by atoms with Gasteiger partial charge in [-0.05, 0) is 33.1 Å². The fraction of sp³-hybridized carbons (Fsp3) is 0.846. The van der Waals surface area contributed by atoms with E-state index in [9.17, 15) is 0 Å². The molecule has 5 nitrogen and oxygen atoms in total. The molecule has 100 valence electrons. The lowest BCUT2D eigenvalue weighted by molar-refractivity contribution is 0.193. The zero-order valence-electron chi connectivity index (χ0n) is 11.2. The Hall–Kier alpha value is -0.940. The van der Waals surface area contributed by atoms with Gasteiger partial charge in [0, 0.05) is 24.6 Å². The van der Waals surface area contributed by atoms with E-state index in [1.54, 1.807) is 0 Å². The molecule has 18 heavy (non-hydrogen) atoms. The zero-order valence-corrected chi connectivity index (χ0v) is 11.2. The van der Waals surface area contributed by atoms with E-state index in [1.165, 1.54) is 12.8 Å². The van der Waals surface area contributed by atoms with Crippen LogP contribution in [-0.2, 0) is 11.3 Å². The molecule has 5 heteroatoms. The molecule has 0 unspecified atom stereocenters. The van der Waals surface area contributed by atoms with E-state index < -0.39 is 0 Å². The third kappa shape index (κ3) is 2.57. The zero-order chi connectivity index (χ0) is 12.5. The van der Waals surface area contributed by atoms with E-state index in [0.29, 0.717) is 18.0 Å². The highest BCUT2D eigenvalue weighted by atomic mass is 16.5. The summed E-state index contributed by atoms with van der Waals surface area (Å²) in [4.78, 5) is 4.72. The summed E-state index contributed by atoms with van der Waals surface area (Å²) < 4.78 is 7.48. The number of hydrogen-bond acceptors (Lipinski definition) is 4.